The van der Waals surface area contributed by atoms with Gasteiger partial charge in [-0.3, -0.25) is 0 Å². The molecule has 0 saturated carbocycles. The Morgan fingerprint density at radius 1 is 1.44 bits per heavy atom. The molecule has 0 aromatic heterocycles. The van der Waals surface area contributed by atoms with Crippen LogP contribution in [-0.4, -0.2) is 30.0 Å². The number of aliphatic hydroxyl groups excluding tert-OH is 1. The van der Waals surface area contributed by atoms with Crippen molar-refractivity contribution in [1.82, 2.24) is 0 Å². The molecule has 1 aliphatic heterocycles. The number of ether oxygens (including phenoxy) is 2. The summed E-state index contributed by atoms with van der Waals surface area (Å²) in [7, 11) is 0. The van der Waals surface area contributed by atoms with Crippen LogP contribution in [0, 0.1) is 0 Å². The number of fused-ring (bicyclic) bond motifs is 1. The number of aliphatic hydroxyl groups is 1. The Labute approximate surface area is 96.0 Å². The molecule has 3 nitrogen and oxygen atoms in total. The van der Waals surface area contributed by atoms with Gasteiger partial charge in [0.25, 0.3) is 0 Å². The van der Waals surface area contributed by atoms with Crippen molar-refractivity contribution in [2.75, 3.05) is 6.61 Å². The van der Waals surface area contributed by atoms with E-state index in [1.54, 1.807) is 0 Å². The van der Waals surface area contributed by atoms with Gasteiger partial charge in [0.05, 0.1) is 12.7 Å². The average molecular weight is 222 g/mol. The molecular weight excluding hydrogens is 204 g/mol. The Hall–Kier alpha value is -1.06. The monoisotopic (exact) mass is 222 g/mol. The summed E-state index contributed by atoms with van der Waals surface area (Å²) < 4.78 is 11.1. The maximum absolute atomic E-state index is 9.92. The molecule has 0 aliphatic carbocycles. The Morgan fingerprint density at radius 2 is 2.19 bits per heavy atom. The molecule has 0 radical (unpaired) electrons. The van der Waals surface area contributed by atoms with Crippen molar-refractivity contribution in [2.24, 2.45) is 0 Å². The van der Waals surface area contributed by atoms with Gasteiger partial charge in [0.2, 0.25) is 0 Å². The van der Waals surface area contributed by atoms with Crippen molar-refractivity contribution in [3.63, 3.8) is 0 Å². The highest BCUT2D eigenvalue weighted by atomic mass is 16.5. The Kier molecular flexibility index (Phi) is 3.46. The molecule has 3 heteroatoms. The fraction of sp³-hybridized carbons (Fsp3) is 0.538. The van der Waals surface area contributed by atoms with Crippen molar-refractivity contribution < 1.29 is 14.6 Å². The highest BCUT2D eigenvalue weighted by molar-refractivity contribution is 5.37. The second-order valence-electron chi connectivity index (χ2n) is 4.42. The van der Waals surface area contributed by atoms with Gasteiger partial charge in [-0.25, -0.2) is 0 Å². The van der Waals surface area contributed by atoms with Crippen LogP contribution in [0.25, 0.3) is 0 Å². The van der Waals surface area contributed by atoms with Gasteiger partial charge in [0.15, 0.2) is 0 Å². The molecule has 2 atom stereocenters. The number of benzene rings is 1. The van der Waals surface area contributed by atoms with E-state index in [1.807, 2.05) is 38.1 Å². The second kappa shape index (κ2) is 4.85. The van der Waals surface area contributed by atoms with Gasteiger partial charge in [-0.1, -0.05) is 18.2 Å². The van der Waals surface area contributed by atoms with Crippen molar-refractivity contribution in [3.05, 3.63) is 29.8 Å². The molecule has 2 unspecified atom stereocenters. The highest BCUT2D eigenvalue weighted by Crippen LogP contribution is 2.29. The average Bonchev–Trinajstić information content (AvgIpc) is 2.69. The van der Waals surface area contributed by atoms with Crippen LogP contribution < -0.4 is 4.74 Å². The number of hydrogen-bond donors (Lipinski definition) is 1. The minimum absolute atomic E-state index is 0.137. The summed E-state index contributed by atoms with van der Waals surface area (Å²) in [6, 6.07) is 7.90. The Bertz CT molecular complexity index is 324. The van der Waals surface area contributed by atoms with Crippen LogP contribution in [-0.2, 0) is 11.2 Å². The zero-order valence-corrected chi connectivity index (χ0v) is 9.72. The molecule has 88 valence electrons. The first-order valence-corrected chi connectivity index (χ1v) is 5.71. The highest BCUT2D eigenvalue weighted by Gasteiger charge is 2.28. The third-order valence-electron chi connectivity index (χ3n) is 2.70. The van der Waals surface area contributed by atoms with Gasteiger partial charge < -0.3 is 14.6 Å². The van der Waals surface area contributed by atoms with E-state index in [-0.39, 0.29) is 12.2 Å². The summed E-state index contributed by atoms with van der Waals surface area (Å²) >= 11 is 0. The van der Waals surface area contributed by atoms with Gasteiger partial charge in [0, 0.05) is 6.42 Å². The summed E-state index contributed by atoms with van der Waals surface area (Å²) in [5.74, 6) is 0.885. The molecule has 0 saturated heterocycles. The molecule has 16 heavy (non-hydrogen) atoms. The summed E-state index contributed by atoms with van der Waals surface area (Å²) in [5, 5.41) is 9.92. The maximum Gasteiger partial charge on any atom is 0.131 e. The molecule has 1 N–H and O–H groups in total. The molecule has 1 aromatic carbocycles. The fourth-order valence-corrected chi connectivity index (χ4v) is 1.82. The topological polar surface area (TPSA) is 38.7 Å². The van der Waals surface area contributed by atoms with E-state index in [0.717, 1.165) is 17.7 Å². The maximum atomic E-state index is 9.92. The van der Waals surface area contributed by atoms with Crippen LogP contribution in [0.4, 0.5) is 0 Å². The first-order valence-electron chi connectivity index (χ1n) is 5.71. The lowest BCUT2D eigenvalue weighted by Gasteiger charge is -2.19. The normalized spacial score (nSPS) is 20.6. The molecule has 0 amide bonds. The first kappa shape index (κ1) is 11.4. The van der Waals surface area contributed by atoms with Gasteiger partial charge in [-0.05, 0) is 25.5 Å². The lowest BCUT2D eigenvalue weighted by Crippen LogP contribution is -2.34. The van der Waals surface area contributed by atoms with Crippen LogP contribution in [0.1, 0.15) is 19.4 Å². The molecule has 0 bridgehead atoms. The number of rotatable bonds is 4. The minimum Gasteiger partial charge on any atom is -0.487 e. The smallest absolute Gasteiger partial charge is 0.131 e. The van der Waals surface area contributed by atoms with E-state index in [1.165, 1.54) is 0 Å². The molecule has 1 heterocycles. The van der Waals surface area contributed by atoms with Gasteiger partial charge in [-0.2, -0.15) is 0 Å². The third-order valence-corrected chi connectivity index (χ3v) is 2.70. The van der Waals surface area contributed by atoms with Crippen LogP contribution in [0.2, 0.25) is 0 Å². The second-order valence-corrected chi connectivity index (χ2v) is 4.42. The summed E-state index contributed by atoms with van der Waals surface area (Å²) in [6.07, 6.45) is 0.170. The quantitative estimate of drug-likeness (QED) is 0.844. The number of para-hydroxylation sites is 1. The molecule has 0 fully saturated rings. The largest absolute Gasteiger partial charge is 0.487 e. The minimum atomic E-state index is -0.560. The van der Waals surface area contributed by atoms with Crippen molar-refractivity contribution >= 4 is 0 Å². The zero-order valence-electron chi connectivity index (χ0n) is 9.72. The third kappa shape index (κ3) is 2.54. The standard InChI is InChI=1S/C13H18O3/c1-9(2)15-8-11(14)13-7-10-5-3-4-6-12(10)16-13/h3-6,9,11,13-14H,7-8H2,1-2H3. The predicted octanol–water partition coefficient (Wildman–Crippen LogP) is 1.78. The van der Waals surface area contributed by atoms with E-state index in [2.05, 4.69) is 0 Å². The Balaban J connectivity index is 1.90. The fourth-order valence-electron chi connectivity index (χ4n) is 1.82. The lowest BCUT2D eigenvalue weighted by molar-refractivity contribution is -0.0382. The SMILES string of the molecule is CC(C)OCC(O)C1Cc2ccccc2O1. The van der Waals surface area contributed by atoms with E-state index in [4.69, 9.17) is 9.47 Å². The van der Waals surface area contributed by atoms with Gasteiger partial charge in [-0.15, -0.1) is 0 Å². The lowest BCUT2D eigenvalue weighted by atomic mass is 10.1. The number of hydrogen-bond acceptors (Lipinski definition) is 3. The molecular formula is C13H18O3. The summed E-state index contributed by atoms with van der Waals surface area (Å²) in [5.41, 5.74) is 1.16. The summed E-state index contributed by atoms with van der Waals surface area (Å²) in [4.78, 5) is 0. The molecule has 1 aromatic rings. The predicted molar refractivity (Wildman–Crippen MR) is 61.7 cm³/mol. The molecule has 0 spiro atoms. The van der Waals surface area contributed by atoms with Crippen LogP contribution in [0.5, 0.6) is 5.75 Å². The van der Waals surface area contributed by atoms with Gasteiger partial charge >= 0.3 is 0 Å². The van der Waals surface area contributed by atoms with Crippen molar-refractivity contribution in [3.8, 4) is 5.75 Å². The zero-order chi connectivity index (χ0) is 11.5. The van der Waals surface area contributed by atoms with Crippen LogP contribution >= 0.6 is 0 Å². The first-order chi connectivity index (χ1) is 7.66. The van der Waals surface area contributed by atoms with Crippen molar-refractivity contribution in [1.29, 1.82) is 0 Å². The van der Waals surface area contributed by atoms with E-state index < -0.39 is 6.10 Å². The molecule has 2 rings (SSSR count). The van der Waals surface area contributed by atoms with E-state index >= 15 is 0 Å². The van der Waals surface area contributed by atoms with Crippen LogP contribution in [0.15, 0.2) is 24.3 Å². The van der Waals surface area contributed by atoms with Crippen LogP contribution in [0.3, 0.4) is 0 Å². The molecule has 1 aliphatic rings. The van der Waals surface area contributed by atoms with E-state index in [9.17, 15) is 5.11 Å². The van der Waals surface area contributed by atoms with Crippen molar-refractivity contribution in [2.45, 2.75) is 38.6 Å². The van der Waals surface area contributed by atoms with Gasteiger partial charge in [0.1, 0.15) is 18.0 Å². The Morgan fingerprint density at radius 3 is 2.88 bits per heavy atom. The van der Waals surface area contributed by atoms with E-state index in [0.29, 0.717) is 6.61 Å². The summed E-state index contributed by atoms with van der Waals surface area (Å²) in [6.45, 7) is 4.24.